The van der Waals surface area contributed by atoms with Gasteiger partial charge in [0.05, 0.1) is 17.7 Å². The number of aryl methyl sites for hydroxylation is 2. The Bertz CT molecular complexity index is 446. The van der Waals surface area contributed by atoms with Gasteiger partial charge in [-0.3, -0.25) is 9.48 Å². The van der Waals surface area contributed by atoms with Crippen molar-refractivity contribution in [3.63, 3.8) is 0 Å². The topological polar surface area (TPSA) is 64.3 Å². The molecule has 1 aromatic rings. The van der Waals surface area contributed by atoms with E-state index in [2.05, 4.69) is 5.10 Å². The van der Waals surface area contributed by atoms with Crippen molar-refractivity contribution < 1.29 is 14.6 Å². The minimum atomic E-state index is -0.890. The number of ether oxygens (including phenoxy) is 1. The van der Waals surface area contributed by atoms with E-state index in [0.717, 1.165) is 5.69 Å². The van der Waals surface area contributed by atoms with Crippen molar-refractivity contribution in [1.82, 2.24) is 9.78 Å². The molecule has 0 spiro atoms. The van der Waals surface area contributed by atoms with E-state index in [1.165, 1.54) is 0 Å². The van der Waals surface area contributed by atoms with E-state index in [1.54, 1.807) is 24.9 Å². The van der Waals surface area contributed by atoms with Crippen LogP contribution in [0.1, 0.15) is 52.0 Å². The Morgan fingerprint density at radius 1 is 1.53 bits per heavy atom. The highest BCUT2D eigenvalue weighted by Gasteiger charge is 2.30. The van der Waals surface area contributed by atoms with E-state index in [-0.39, 0.29) is 0 Å². The van der Waals surface area contributed by atoms with Crippen molar-refractivity contribution in [3.05, 3.63) is 17.5 Å². The molecule has 0 fully saturated rings. The van der Waals surface area contributed by atoms with Crippen LogP contribution in [0.15, 0.2) is 6.20 Å². The van der Waals surface area contributed by atoms with Crippen LogP contribution in [0.3, 0.4) is 0 Å². The highest BCUT2D eigenvalue weighted by molar-refractivity contribution is 5.73. The van der Waals surface area contributed by atoms with E-state index in [9.17, 15) is 9.90 Å². The first-order chi connectivity index (χ1) is 8.65. The number of nitrogens with zero attached hydrogens (tertiary/aromatic N) is 2. The predicted octanol–water partition coefficient (Wildman–Crippen LogP) is 1.99. The first-order valence-corrected chi connectivity index (χ1v) is 6.59. The molecule has 108 valence electrons. The third-order valence-electron chi connectivity index (χ3n) is 2.84. The molecule has 1 heterocycles. The lowest BCUT2D eigenvalue weighted by Crippen LogP contribution is -2.30. The predicted molar refractivity (Wildman–Crippen MR) is 72.6 cm³/mol. The fraction of sp³-hybridized carbons (Fsp3) is 0.714. The maximum Gasteiger partial charge on any atom is 0.312 e. The van der Waals surface area contributed by atoms with Crippen LogP contribution in [0.2, 0.25) is 0 Å². The number of aromatic nitrogens is 2. The molecular weight excluding hydrogens is 244 g/mol. The van der Waals surface area contributed by atoms with Crippen LogP contribution in [0.25, 0.3) is 0 Å². The summed E-state index contributed by atoms with van der Waals surface area (Å²) < 4.78 is 6.95. The Balaban J connectivity index is 2.87. The molecule has 0 aliphatic carbocycles. The molecule has 0 aromatic carbocycles. The van der Waals surface area contributed by atoms with Gasteiger partial charge in [0, 0.05) is 18.8 Å². The SMILES string of the molecule is CCc1nn(C)cc1C(O)C(C)C(=O)OC(C)(C)C. The molecule has 2 unspecified atom stereocenters. The van der Waals surface area contributed by atoms with Gasteiger partial charge in [-0.05, 0) is 34.1 Å². The lowest BCUT2D eigenvalue weighted by molar-refractivity contribution is -0.163. The largest absolute Gasteiger partial charge is 0.460 e. The molecule has 0 radical (unpaired) electrons. The third kappa shape index (κ3) is 4.06. The van der Waals surface area contributed by atoms with Crippen LogP contribution in [0, 0.1) is 5.92 Å². The third-order valence-corrected chi connectivity index (χ3v) is 2.84. The normalized spacial score (nSPS) is 15.1. The number of carbonyl (C=O) groups is 1. The number of hydrogen-bond donors (Lipinski definition) is 1. The summed E-state index contributed by atoms with van der Waals surface area (Å²) in [5.41, 5.74) is 0.960. The van der Waals surface area contributed by atoms with E-state index < -0.39 is 23.6 Å². The fourth-order valence-electron chi connectivity index (χ4n) is 1.87. The maximum absolute atomic E-state index is 12.0. The second-order valence-corrected chi connectivity index (χ2v) is 5.83. The smallest absolute Gasteiger partial charge is 0.312 e. The molecule has 1 rings (SSSR count). The van der Waals surface area contributed by atoms with E-state index in [1.807, 2.05) is 27.7 Å². The van der Waals surface area contributed by atoms with Gasteiger partial charge < -0.3 is 9.84 Å². The Labute approximate surface area is 114 Å². The van der Waals surface area contributed by atoms with Crippen LogP contribution in [0.5, 0.6) is 0 Å². The molecule has 5 heteroatoms. The molecule has 0 aliphatic rings. The van der Waals surface area contributed by atoms with Crippen LogP contribution in [-0.2, 0) is 23.0 Å². The number of esters is 1. The molecule has 0 amide bonds. The molecule has 5 nitrogen and oxygen atoms in total. The summed E-state index contributed by atoms with van der Waals surface area (Å²) in [6.45, 7) is 9.07. The molecule has 1 aromatic heterocycles. The Morgan fingerprint density at radius 3 is 2.58 bits per heavy atom. The van der Waals surface area contributed by atoms with Gasteiger partial charge in [-0.25, -0.2) is 0 Å². The van der Waals surface area contributed by atoms with Crippen LogP contribution >= 0.6 is 0 Å². The molecular formula is C14H24N2O3. The average Bonchev–Trinajstić information content (AvgIpc) is 2.66. The fourth-order valence-corrected chi connectivity index (χ4v) is 1.87. The lowest BCUT2D eigenvalue weighted by Gasteiger charge is -2.24. The molecule has 19 heavy (non-hydrogen) atoms. The number of rotatable bonds is 4. The van der Waals surface area contributed by atoms with Crippen molar-refractivity contribution in [3.8, 4) is 0 Å². The lowest BCUT2D eigenvalue weighted by atomic mass is 9.97. The first kappa shape index (κ1) is 15.7. The summed E-state index contributed by atoms with van der Waals surface area (Å²) in [5.74, 6) is -1.01. The summed E-state index contributed by atoms with van der Waals surface area (Å²) in [5, 5.41) is 14.6. The van der Waals surface area contributed by atoms with Gasteiger partial charge in [-0.1, -0.05) is 6.92 Å². The number of hydrogen-bond acceptors (Lipinski definition) is 4. The Hall–Kier alpha value is -1.36. The quantitative estimate of drug-likeness (QED) is 0.848. The minimum absolute atomic E-state index is 0.397. The number of aliphatic hydroxyl groups is 1. The van der Waals surface area contributed by atoms with E-state index >= 15 is 0 Å². The maximum atomic E-state index is 12.0. The van der Waals surface area contributed by atoms with E-state index in [0.29, 0.717) is 12.0 Å². The second-order valence-electron chi connectivity index (χ2n) is 5.83. The summed E-state index contributed by atoms with van der Waals surface area (Å²) in [6.07, 6.45) is 1.58. The van der Waals surface area contributed by atoms with Gasteiger partial charge in [-0.2, -0.15) is 5.10 Å². The van der Waals surface area contributed by atoms with Gasteiger partial charge >= 0.3 is 5.97 Å². The number of carbonyl (C=O) groups excluding carboxylic acids is 1. The average molecular weight is 268 g/mol. The van der Waals surface area contributed by atoms with Crippen molar-refractivity contribution in [2.24, 2.45) is 13.0 Å². The molecule has 2 atom stereocenters. The molecule has 1 N–H and O–H groups in total. The monoisotopic (exact) mass is 268 g/mol. The second kappa shape index (κ2) is 5.74. The van der Waals surface area contributed by atoms with Crippen LogP contribution in [0.4, 0.5) is 0 Å². The molecule has 0 bridgehead atoms. The summed E-state index contributed by atoms with van der Waals surface area (Å²) >= 11 is 0. The van der Waals surface area contributed by atoms with Crippen molar-refractivity contribution >= 4 is 5.97 Å². The first-order valence-electron chi connectivity index (χ1n) is 6.59. The highest BCUT2D eigenvalue weighted by atomic mass is 16.6. The van der Waals surface area contributed by atoms with Crippen LogP contribution < -0.4 is 0 Å². The zero-order valence-electron chi connectivity index (χ0n) is 12.6. The molecule has 0 aliphatic heterocycles. The van der Waals surface area contributed by atoms with Crippen molar-refractivity contribution in [1.29, 1.82) is 0 Å². The zero-order chi connectivity index (χ0) is 14.8. The van der Waals surface area contributed by atoms with Gasteiger partial charge in [0.2, 0.25) is 0 Å². The van der Waals surface area contributed by atoms with Crippen molar-refractivity contribution in [2.75, 3.05) is 0 Å². The summed E-state index contributed by atoms with van der Waals surface area (Å²) in [4.78, 5) is 12.0. The summed E-state index contributed by atoms with van der Waals surface area (Å²) in [6, 6.07) is 0. The standard InChI is InChI=1S/C14H24N2O3/c1-7-11-10(8-16(6)15-11)12(17)9(2)13(18)19-14(3,4)5/h8-9,12,17H,7H2,1-6H3. The molecule has 0 saturated carbocycles. The number of aliphatic hydroxyl groups excluding tert-OH is 1. The Kier molecular flexibility index (Phi) is 4.74. The zero-order valence-corrected chi connectivity index (χ0v) is 12.6. The van der Waals surface area contributed by atoms with Crippen molar-refractivity contribution in [2.45, 2.75) is 52.7 Å². The van der Waals surface area contributed by atoms with Crippen LogP contribution in [-0.4, -0.2) is 26.5 Å². The minimum Gasteiger partial charge on any atom is -0.460 e. The Morgan fingerprint density at radius 2 is 2.11 bits per heavy atom. The van der Waals surface area contributed by atoms with Gasteiger partial charge in [0.25, 0.3) is 0 Å². The van der Waals surface area contributed by atoms with Gasteiger partial charge in [-0.15, -0.1) is 0 Å². The summed E-state index contributed by atoms with van der Waals surface area (Å²) in [7, 11) is 1.80. The van der Waals surface area contributed by atoms with Gasteiger partial charge in [0.15, 0.2) is 0 Å². The highest BCUT2D eigenvalue weighted by Crippen LogP contribution is 2.27. The van der Waals surface area contributed by atoms with E-state index in [4.69, 9.17) is 4.74 Å². The van der Waals surface area contributed by atoms with Gasteiger partial charge in [0.1, 0.15) is 5.60 Å². The molecule has 0 saturated heterocycles.